The number of hydrogen-bond donors (Lipinski definition) is 8. The molecule has 0 aromatic carbocycles. The van der Waals surface area contributed by atoms with Crippen LogP contribution in [0.15, 0.2) is 49.3 Å². The molecule has 0 radical (unpaired) electrons. The van der Waals surface area contributed by atoms with Gasteiger partial charge in [-0.25, -0.2) is 0 Å². The average molecular weight is 1040 g/mol. The van der Waals surface area contributed by atoms with Crippen molar-refractivity contribution in [3.63, 3.8) is 0 Å². The van der Waals surface area contributed by atoms with Crippen LogP contribution >= 0.6 is 0 Å². The number of nitrogens with one attached hydrogen (secondary N) is 2. The molecular weight excluding hydrogens is 970 g/mol. The molecule has 0 aromatic rings. The predicted molar refractivity (Wildman–Crippen MR) is 262 cm³/mol. The van der Waals surface area contributed by atoms with Gasteiger partial charge in [-0.05, 0) is 63.7 Å². The van der Waals surface area contributed by atoms with Gasteiger partial charge in [0.25, 0.3) is 0 Å². The second-order valence-electron chi connectivity index (χ2n) is 21.1. The van der Waals surface area contributed by atoms with Crippen molar-refractivity contribution in [2.75, 3.05) is 6.54 Å². The van der Waals surface area contributed by atoms with Crippen molar-refractivity contribution in [3.8, 4) is 0 Å². The maximum Gasteiger partial charge on any atom is 3.00 e. The topological polar surface area (TPSA) is 407 Å². The van der Waals surface area contributed by atoms with Gasteiger partial charge in [0.05, 0.1) is 11.6 Å². The van der Waals surface area contributed by atoms with Crippen LogP contribution in [0.4, 0.5) is 0 Å². The van der Waals surface area contributed by atoms with Crippen molar-refractivity contribution in [2.45, 2.75) is 151 Å². The third-order valence-electron chi connectivity index (χ3n) is 16.1. The van der Waals surface area contributed by atoms with E-state index in [-0.39, 0.29) is 93.4 Å². The molecule has 5 heterocycles. The van der Waals surface area contributed by atoms with Crippen LogP contribution in [0.2, 0.25) is 0 Å². The van der Waals surface area contributed by atoms with Gasteiger partial charge in [0, 0.05) is 131 Å². The summed E-state index contributed by atoms with van der Waals surface area (Å²) in [5, 5.41) is 30.8. The van der Waals surface area contributed by atoms with Crippen LogP contribution in [0.1, 0.15) is 133 Å². The number of nitrogens with two attached hydrogens (primary N) is 6. The van der Waals surface area contributed by atoms with Crippen LogP contribution in [0.3, 0.4) is 0 Å². The van der Waals surface area contributed by atoms with E-state index in [0.717, 1.165) is 0 Å². The van der Waals surface area contributed by atoms with E-state index in [1.54, 1.807) is 0 Å². The molecule has 10 atom stereocenters. The zero-order valence-corrected chi connectivity index (χ0v) is 43.9. The molecule has 7 amide bonds. The summed E-state index contributed by atoms with van der Waals surface area (Å²) in [7, 11) is 0. The van der Waals surface area contributed by atoms with Crippen LogP contribution < -0.4 is 50.1 Å². The van der Waals surface area contributed by atoms with Gasteiger partial charge in [0.1, 0.15) is 0 Å². The molecular formula is C50H72CoN13O8. The molecule has 8 bridgehead atoms. The molecule has 14 N–H and O–H groups in total. The first kappa shape index (κ1) is 61.9. The first-order valence-corrected chi connectivity index (χ1v) is 23.7. The average Bonchev–Trinajstić information content (AvgIpc) is 3.88. The number of carbonyl (C=O) groups is 7. The monoisotopic (exact) mass is 1040 g/mol. The molecule has 0 aromatic heterocycles. The number of allylic oxidation sites excluding steroid dienone is 6. The number of primary amides is 6. The number of hydrogen-bond acceptors (Lipinski definition) is 14. The van der Waals surface area contributed by atoms with Crippen LogP contribution in [-0.4, -0.2) is 82.7 Å². The second-order valence-corrected chi connectivity index (χ2v) is 21.1. The fourth-order valence-electron chi connectivity index (χ4n) is 12.3. The molecule has 22 heteroatoms. The first-order valence-electron chi connectivity index (χ1n) is 23.7. The standard InChI is InChI=1S/C48H72N11O8.2CN.Co/c1-23(60)22-55-38(67)16-17-45(6)29(18-35(52)64)43-48(9)47(8,21-37(54)66)28(12-15-34(51)63)40(59-48)25(3)42-46(7,20-36(53)65)26(10-13-32(49)61)30(56-42)19-31-44(4,5)27(11-14-33(50)62)39(57-31)24(2)41(45)58-43;2*1-2;/h19,23,26-29,43,56H,10-18,20-22H2,1-9H3,(H2,49,61)(H2,50,62)(H2,51,63)(H2,52,64)(H2,53,65)(H2,54,66)(H,55,67);;;/q3*-1;+3/b30-19-,39-24-,42-25-;;;/t23-,26?,27-,28-,29+,43?,45-,46+,47+,48+;;;/m1.../s1. The van der Waals surface area contributed by atoms with Crippen molar-refractivity contribution in [2.24, 2.45) is 94.7 Å². The molecule has 5 aliphatic rings. The molecule has 1 saturated heterocycles. The smallest absolute Gasteiger partial charge is 0.851 e. The molecule has 5 aliphatic heterocycles. The van der Waals surface area contributed by atoms with Crippen LogP contribution in [-0.2, 0) is 50.3 Å². The third kappa shape index (κ3) is 12.2. The minimum atomic E-state index is -1.40. The van der Waals surface area contributed by atoms with E-state index in [1.165, 1.54) is 6.92 Å². The van der Waals surface area contributed by atoms with Gasteiger partial charge in [-0.15, -0.1) is 6.10 Å². The maximum atomic E-state index is 13.5. The third-order valence-corrected chi connectivity index (χ3v) is 16.1. The number of rotatable bonds is 20. The molecule has 394 valence electrons. The number of fused-ring (bicyclic) bond motifs is 6. The Morgan fingerprint density at radius 2 is 1.25 bits per heavy atom. The summed E-state index contributed by atoms with van der Waals surface area (Å²) in [6.07, 6.45) is 0.877. The van der Waals surface area contributed by atoms with Crippen LogP contribution in [0.25, 0.3) is 0 Å². The van der Waals surface area contributed by atoms with Crippen LogP contribution in [0, 0.1) is 69.0 Å². The number of nitrogens with zero attached hydrogens (tertiary/aromatic N) is 5. The molecule has 2 unspecified atom stereocenters. The molecule has 72 heavy (non-hydrogen) atoms. The number of aliphatic imine (C=N–C) groups is 3. The van der Waals surface area contributed by atoms with E-state index in [4.69, 9.17) is 73.0 Å². The predicted octanol–water partition coefficient (Wildman–Crippen LogP) is 1.29. The Labute approximate surface area is 432 Å². The number of carbonyl (C=O) groups excluding carboxylic acids is 7. The Morgan fingerprint density at radius 3 is 1.74 bits per heavy atom. The Balaban J connectivity index is 0.00000346. The van der Waals surface area contributed by atoms with Crippen LogP contribution in [0.5, 0.6) is 0 Å². The number of amides is 7. The fourth-order valence-corrected chi connectivity index (χ4v) is 12.3. The summed E-state index contributed by atoms with van der Waals surface area (Å²) in [6, 6.07) is -0.923. The Bertz CT molecular complexity index is 2410. The summed E-state index contributed by atoms with van der Waals surface area (Å²) < 4.78 is 0. The molecule has 21 nitrogen and oxygen atoms in total. The van der Waals surface area contributed by atoms with E-state index in [9.17, 15) is 38.7 Å². The van der Waals surface area contributed by atoms with E-state index in [2.05, 4.69) is 10.6 Å². The van der Waals surface area contributed by atoms with E-state index >= 15 is 0 Å². The summed E-state index contributed by atoms with van der Waals surface area (Å²) in [6.45, 7) is 26.2. The van der Waals surface area contributed by atoms with E-state index < -0.39 is 98.5 Å². The molecule has 0 aliphatic carbocycles. The molecule has 1 fully saturated rings. The van der Waals surface area contributed by atoms with E-state index in [0.29, 0.717) is 51.8 Å². The van der Waals surface area contributed by atoms with Gasteiger partial charge in [0.15, 0.2) is 0 Å². The van der Waals surface area contributed by atoms with Gasteiger partial charge < -0.3 is 73.8 Å². The van der Waals surface area contributed by atoms with Crippen molar-refractivity contribution in [3.05, 3.63) is 47.5 Å². The quantitative estimate of drug-likeness (QED) is 0.0804. The zero-order valence-electron chi connectivity index (χ0n) is 42.8. The maximum absolute atomic E-state index is 13.5. The summed E-state index contributed by atoms with van der Waals surface area (Å²) in [4.78, 5) is 108. The van der Waals surface area contributed by atoms with Gasteiger partial charge in [-0.3, -0.25) is 48.5 Å². The van der Waals surface area contributed by atoms with Crippen molar-refractivity contribution in [1.29, 1.82) is 10.5 Å². The zero-order chi connectivity index (χ0) is 54.4. The second kappa shape index (κ2) is 24.0. The molecule has 0 saturated carbocycles. The Kier molecular flexibility index (Phi) is 20.6. The van der Waals surface area contributed by atoms with Gasteiger partial charge >= 0.3 is 16.8 Å². The van der Waals surface area contributed by atoms with Crippen molar-refractivity contribution >= 4 is 58.5 Å². The summed E-state index contributed by atoms with van der Waals surface area (Å²) >= 11 is 0. The summed E-state index contributed by atoms with van der Waals surface area (Å²) in [5.41, 5.74) is 34.8. The van der Waals surface area contributed by atoms with Gasteiger partial charge in [-0.2, -0.15) is 0 Å². The first-order chi connectivity index (χ1) is 32.9. The van der Waals surface area contributed by atoms with Gasteiger partial charge in [0.2, 0.25) is 41.4 Å². The SMILES string of the molecule is C/C1=C2N=C(/C=C3\N/C(=C(/C)C4=N[C@@](C)(C5N=C1[C@](C)(CCC(=O)NC[C@@H](C)[O-])[C@H]5CC(N)=O)[C@@](C)(CC(N)=O)[C@@H]4CCC(N)=O)[C@@](C)(CC(N)=O)C3CCC(N)=O)C(C)(C)[C@@H]/2CCC(N)=O.[C-]#N.[C-]#N.[Co+3]. The fraction of sp³-hybridized carbons (Fsp3) is 0.640. The minimum absolute atomic E-state index is 0. The Hall–Kier alpha value is -6.23. The molecule has 0 spiro atoms. The van der Waals surface area contributed by atoms with Gasteiger partial charge in [-0.1, -0.05) is 41.5 Å². The van der Waals surface area contributed by atoms with Crippen molar-refractivity contribution < 1.29 is 55.4 Å². The Morgan fingerprint density at radius 1 is 0.736 bits per heavy atom. The largest absolute Gasteiger partial charge is 3.00 e. The van der Waals surface area contributed by atoms with E-state index in [1.807, 2.05) is 61.5 Å². The minimum Gasteiger partial charge on any atom is -0.851 e. The molecule has 5 rings (SSSR count). The van der Waals surface area contributed by atoms with Crippen molar-refractivity contribution in [1.82, 2.24) is 10.6 Å². The normalized spacial score (nSPS) is 32.8. The summed E-state index contributed by atoms with van der Waals surface area (Å²) in [5.74, 6) is -6.35.